The van der Waals surface area contributed by atoms with Crippen LogP contribution in [0, 0.1) is 11.7 Å². The Morgan fingerprint density at radius 2 is 2.00 bits per heavy atom. The SMILES string of the molecule is CC(C1CC1)N(C)CCCOc1ccc(F)cc1. The molecule has 1 atom stereocenters. The van der Waals surface area contributed by atoms with Gasteiger partial charge < -0.3 is 9.64 Å². The molecule has 1 aromatic carbocycles. The van der Waals surface area contributed by atoms with Crippen LogP contribution in [-0.4, -0.2) is 31.1 Å². The highest BCUT2D eigenvalue weighted by atomic mass is 19.1. The minimum Gasteiger partial charge on any atom is -0.494 e. The number of hydrogen-bond acceptors (Lipinski definition) is 2. The van der Waals surface area contributed by atoms with Crippen molar-refractivity contribution in [1.29, 1.82) is 0 Å². The summed E-state index contributed by atoms with van der Waals surface area (Å²) in [6, 6.07) is 6.89. The molecule has 0 bridgehead atoms. The predicted octanol–water partition coefficient (Wildman–Crippen LogP) is 3.32. The lowest BCUT2D eigenvalue weighted by Gasteiger charge is -2.24. The Hall–Kier alpha value is -1.09. The van der Waals surface area contributed by atoms with E-state index in [0.29, 0.717) is 12.6 Å². The maximum Gasteiger partial charge on any atom is 0.123 e. The van der Waals surface area contributed by atoms with Crippen molar-refractivity contribution < 1.29 is 9.13 Å². The van der Waals surface area contributed by atoms with E-state index in [1.165, 1.54) is 25.0 Å². The van der Waals surface area contributed by atoms with Gasteiger partial charge in [-0.25, -0.2) is 4.39 Å². The lowest BCUT2D eigenvalue weighted by atomic mass is 10.2. The second-order valence-corrected chi connectivity index (χ2v) is 5.21. The molecule has 0 radical (unpaired) electrons. The van der Waals surface area contributed by atoms with Gasteiger partial charge in [0.1, 0.15) is 11.6 Å². The number of rotatable bonds is 7. The number of halogens is 1. The van der Waals surface area contributed by atoms with Crippen molar-refractivity contribution in [3.8, 4) is 5.75 Å². The van der Waals surface area contributed by atoms with Crippen molar-refractivity contribution in [2.45, 2.75) is 32.2 Å². The minimum absolute atomic E-state index is 0.222. The van der Waals surface area contributed by atoms with Crippen molar-refractivity contribution in [3.05, 3.63) is 30.1 Å². The predicted molar refractivity (Wildman–Crippen MR) is 71.3 cm³/mol. The van der Waals surface area contributed by atoms with Crippen LogP contribution in [0.2, 0.25) is 0 Å². The molecular formula is C15H22FNO. The third-order valence-corrected chi connectivity index (χ3v) is 3.74. The molecule has 1 unspecified atom stereocenters. The zero-order chi connectivity index (χ0) is 13.0. The normalized spacial score (nSPS) is 16.9. The van der Waals surface area contributed by atoms with E-state index in [9.17, 15) is 4.39 Å². The molecule has 1 saturated carbocycles. The minimum atomic E-state index is -0.222. The lowest BCUT2D eigenvalue weighted by molar-refractivity contribution is 0.209. The second-order valence-electron chi connectivity index (χ2n) is 5.21. The van der Waals surface area contributed by atoms with E-state index < -0.39 is 0 Å². The summed E-state index contributed by atoms with van der Waals surface area (Å²) in [7, 11) is 2.18. The van der Waals surface area contributed by atoms with Crippen molar-refractivity contribution >= 4 is 0 Å². The zero-order valence-electron chi connectivity index (χ0n) is 11.2. The molecule has 2 nitrogen and oxygen atoms in total. The van der Waals surface area contributed by atoms with Gasteiger partial charge in [0.15, 0.2) is 0 Å². The number of hydrogen-bond donors (Lipinski definition) is 0. The Morgan fingerprint density at radius 1 is 1.33 bits per heavy atom. The molecule has 1 aliphatic rings. The van der Waals surface area contributed by atoms with Crippen LogP contribution in [0.15, 0.2) is 24.3 Å². The fraction of sp³-hybridized carbons (Fsp3) is 0.600. The van der Waals surface area contributed by atoms with Crippen molar-refractivity contribution in [3.63, 3.8) is 0 Å². The van der Waals surface area contributed by atoms with Gasteiger partial charge in [-0.3, -0.25) is 0 Å². The van der Waals surface area contributed by atoms with Gasteiger partial charge in [-0.15, -0.1) is 0 Å². The number of benzene rings is 1. The highest BCUT2D eigenvalue weighted by Crippen LogP contribution is 2.34. The summed E-state index contributed by atoms with van der Waals surface area (Å²) in [5, 5.41) is 0. The molecule has 1 aliphatic carbocycles. The van der Waals surface area contributed by atoms with E-state index in [1.807, 2.05) is 0 Å². The van der Waals surface area contributed by atoms with E-state index in [0.717, 1.165) is 24.6 Å². The van der Waals surface area contributed by atoms with Crippen molar-refractivity contribution in [2.75, 3.05) is 20.2 Å². The van der Waals surface area contributed by atoms with Gasteiger partial charge >= 0.3 is 0 Å². The molecule has 0 amide bonds. The van der Waals surface area contributed by atoms with Gasteiger partial charge in [0.05, 0.1) is 6.61 Å². The van der Waals surface area contributed by atoms with Crippen LogP contribution in [0.1, 0.15) is 26.2 Å². The zero-order valence-corrected chi connectivity index (χ0v) is 11.2. The lowest BCUT2D eigenvalue weighted by Crippen LogP contribution is -2.32. The van der Waals surface area contributed by atoms with E-state index in [-0.39, 0.29) is 5.82 Å². The summed E-state index contributed by atoms with van der Waals surface area (Å²) in [5.41, 5.74) is 0. The van der Waals surface area contributed by atoms with E-state index in [1.54, 1.807) is 12.1 Å². The van der Waals surface area contributed by atoms with Gasteiger partial charge in [0, 0.05) is 12.6 Å². The first-order chi connectivity index (χ1) is 8.66. The molecule has 0 N–H and O–H groups in total. The van der Waals surface area contributed by atoms with E-state index >= 15 is 0 Å². The van der Waals surface area contributed by atoms with Gasteiger partial charge in [-0.05, 0) is 63.4 Å². The topological polar surface area (TPSA) is 12.5 Å². The summed E-state index contributed by atoms with van der Waals surface area (Å²) in [6.45, 7) is 4.05. The van der Waals surface area contributed by atoms with Crippen molar-refractivity contribution in [2.24, 2.45) is 5.92 Å². The van der Waals surface area contributed by atoms with Crippen LogP contribution in [0.5, 0.6) is 5.75 Å². The third kappa shape index (κ3) is 3.98. The molecule has 18 heavy (non-hydrogen) atoms. The Kier molecular flexibility index (Phi) is 4.59. The summed E-state index contributed by atoms with van der Waals surface area (Å²) < 4.78 is 18.3. The van der Waals surface area contributed by atoms with Crippen LogP contribution in [0.4, 0.5) is 4.39 Å². The molecule has 0 aromatic heterocycles. The molecule has 2 rings (SSSR count). The number of ether oxygens (including phenoxy) is 1. The van der Waals surface area contributed by atoms with Crippen LogP contribution >= 0.6 is 0 Å². The molecule has 0 spiro atoms. The average molecular weight is 251 g/mol. The van der Waals surface area contributed by atoms with Gasteiger partial charge in [0.25, 0.3) is 0 Å². The highest BCUT2D eigenvalue weighted by molar-refractivity contribution is 5.21. The monoisotopic (exact) mass is 251 g/mol. The molecule has 100 valence electrons. The molecule has 0 heterocycles. The molecule has 1 fully saturated rings. The third-order valence-electron chi connectivity index (χ3n) is 3.74. The van der Waals surface area contributed by atoms with Crippen LogP contribution in [0.25, 0.3) is 0 Å². The van der Waals surface area contributed by atoms with Crippen molar-refractivity contribution in [1.82, 2.24) is 4.90 Å². The molecule has 3 heteroatoms. The Bertz CT molecular complexity index is 361. The maximum atomic E-state index is 12.7. The van der Waals surface area contributed by atoms with Gasteiger partial charge in [0.2, 0.25) is 0 Å². The molecule has 1 aromatic rings. The summed E-state index contributed by atoms with van der Waals surface area (Å²) >= 11 is 0. The fourth-order valence-electron chi connectivity index (χ4n) is 2.18. The maximum absolute atomic E-state index is 12.7. The van der Waals surface area contributed by atoms with Crippen LogP contribution in [-0.2, 0) is 0 Å². The Balaban J connectivity index is 1.61. The van der Waals surface area contributed by atoms with Gasteiger partial charge in [-0.1, -0.05) is 0 Å². The first-order valence-electron chi connectivity index (χ1n) is 6.75. The quantitative estimate of drug-likeness (QED) is 0.689. The standard InChI is InChI=1S/C15H22FNO/c1-12(13-4-5-13)17(2)10-3-11-18-15-8-6-14(16)7-9-15/h6-9,12-13H,3-5,10-11H2,1-2H3. The summed E-state index contributed by atoms with van der Waals surface area (Å²) in [6.07, 6.45) is 3.78. The highest BCUT2D eigenvalue weighted by Gasteiger charge is 2.29. The smallest absolute Gasteiger partial charge is 0.123 e. The Morgan fingerprint density at radius 3 is 2.61 bits per heavy atom. The first-order valence-corrected chi connectivity index (χ1v) is 6.75. The molecule has 0 saturated heterocycles. The van der Waals surface area contributed by atoms with Gasteiger partial charge in [-0.2, -0.15) is 0 Å². The first kappa shape index (κ1) is 13.3. The summed E-state index contributed by atoms with van der Waals surface area (Å²) in [4.78, 5) is 2.41. The molecule has 0 aliphatic heterocycles. The number of nitrogens with zero attached hydrogens (tertiary/aromatic N) is 1. The summed E-state index contributed by atoms with van der Waals surface area (Å²) in [5.74, 6) is 1.43. The fourth-order valence-corrected chi connectivity index (χ4v) is 2.18. The van der Waals surface area contributed by atoms with E-state index in [2.05, 4.69) is 18.9 Å². The largest absolute Gasteiger partial charge is 0.494 e. The Labute approximate surface area is 109 Å². The van der Waals surface area contributed by atoms with Crippen LogP contribution in [0.3, 0.4) is 0 Å². The van der Waals surface area contributed by atoms with Crippen LogP contribution < -0.4 is 4.74 Å². The molecular weight excluding hydrogens is 229 g/mol. The van der Waals surface area contributed by atoms with E-state index in [4.69, 9.17) is 4.74 Å². The average Bonchev–Trinajstić information content (AvgIpc) is 3.20. The second kappa shape index (κ2) is 6.19.